The first kappa shape index (κ1) is 21.0. The van der Waals surface area contributed by atoms with Crippen molar-refractivity contribution in [3.8, 4) is 5.75 Å². The van der Waals surface area contributed by atoms with Gasteiger partial charge in [0.25, 0.3) is 0 Å². The van der Waals surface area contributed by atoms with Crippen molar-refractivity contribution in [3.05, 3.63) is 48.7 Å². The van der Waals surface area contributed by atoms with Gasteiger partial charge in [0.15, 0.2) is 5.13 Å². The van der Waals surface area contributed by atoms with Crippen LogP contribution >= 0.6 is 11.3 Å². The summed E-state index contributed by atoms with van der Waals surface area (Å²) in [7, 11) is -2.08. The van der Waals surface area contributed by atoms with Crippen LogP contribution in [-0.4, -0.2) is 56.1 Å². The number of nitrogens with one attached hydrogen (secondary N) is 2. The summed E-state index contributed by atoms with van der Waals surface area (Å²) in [6.07, 6.45) is 3.72. The summed E-state index contributed by atoms with van der Waals surface area (Å²) in [6.45, 7) is 5.33. The van der Waals surface area contributed by atoms with E-state index in [1.165, 1.54) is 15.6 Å². The van der Waals surface area contributed by atoms with Gasteiger partial charge in [-0.2, -0.15) is 4.31 Å². The number of methoxy groups -OCH3 is 1. The van der Waals surface area contributed by atoms with Gasteiger partial charge in [-0.3, -0.25) is 0 Å². The lowest BCUT2D eigenvalue weighted by Crippen LogP contribution is -2.40. The lowest BCUT2D eigenvalue weighted by molar-refractivity contribution is 0.0730. The normalized spacial score (nSPS) is 15.3. The molecule has 3 heterocycles. The lowest BCUT2D eigenvalue weighted by Gasteiger charge is -2.26. The maximum Gasteiger partial charge on any atom is 0.243 e. The summed E-state index contributed by atoms with van der Waals surface area (Å²) in [5.74, 6) is 0.532. The molecular formula is C22H22N4O4S2. The fourth-order valence-corrected chi connectivity index (χ4v) is 6.15. The molecule has 0 bridgehead atoms. The van der Waals surface area contributed by atoms with Gasteiger partial charge in [-0.15, -0.1) is 0 Å². The van der Waals surface area contributed by atoms with Crippen LogP contribution in [0.1, 0.15) is 5.56 Å². The van der Waals surface area contributed by atoms with Gasteiger partial charge < -0.3 is 19.8 Å². The molecule has 166 valence electrons. The molecule has 0 aliphatic carbocycles. The zero-order valence-electron chi connectivity index (χ0n) is 17.4. The van der Waals surface area contributed by atoms with Crippen LogP contribution in [0.15, 0.2) is 48.0 Å². The van der Waals surface area contributed by atoms with Gasteiger partial charge in [-0.1, -0.05) is 30.1 Å². The molecule has 0 atom stereocenters. The van der Waals surface area contributed by atoms with E-state index in [1.807, 2.05) is 24.4 Å². The van der Waals surface area contributed by atoms with Crippen molar-refractivity contribution in [1.82, 2.24) is 14.3 Å². The van der Waals surface area contributed by atoms with E-state index in [9.17, 15) is 8.42 Å². The molecule has 2 aromatic carbocycles. The minimum atomic E-state index is -3.63. The first-order chi connectivity index (χ1) is 15.5. The second-order valence-electron chi connectivity index (χ2n) is 7.31. The van der Waals surface area contributed by atoms with E-state index in [-0.39, 0.29) is 4.90 Å². The smallest absolute Gasteiger partial charge is 0.243 e. The predicted octanol–water partition coefficient (Wildman–Crippen LogP) is 4.19. The number of anilines is 2. The van der Waals surface area contributed by atoms with Gasteiger partial charge in [-0.25, -0.2) is 13.4 Å². The molecule has 2 aromatic heterocycles. The zero-order chi connectivity index (χ0) is 22.3. The summed E-state index contributed by atoms with van der Waals surface area (Å²) < 4.78 is 39.4. The molecule has 0 spiro atoms. The van der Waals surface area contributed by atoms with E-state index < -0.39 is 10.0 Å². The molecule has 4 aromatic rings. The van der Waals surface area contributed by atoms with Crippen LogP contribution in [0.25, 0.3) is 27.2 Å². The fourth-order valence-electron chi connectivity index (χ4n) is 3.83. The van der Waals surface area contributed by atoms with Crippen molar-refractivity contribution < 1.29 is 17.9 Å². The highest BCUT2D eigenvalue weighted by Crippen LogP contribution is 2.37. The Morgan fingerprint density at radius 3 is 2.84 bits per heavy atom. The number of rotatable bonds is 6. The molecule has 5 rings (SSSR count). The van der Waals surface area contributed by atoms with Gasteiger partial charge in [0.2, 0.25) is 10.0 Å². The molecule has 32 heavy (non-hydrogen) atoms. The molecule has 1 saturated heterocycles. The van der Waals surface area contributed by atoms with Crippen molar-refractivity contribution >= 4 is 59.4 Å². The molecule has 0 saturated carbocycles. The number of aromatic amines is 1. The summed E-state index contributed by atoms with van der Waals surface area (Å²) in [5, 5.41) is 4.95. The molecule has 1 fully saturated rings. The third kappa shape index (κ3) is 3.55. The third-order valence-corrected chi connectivity index (χ3v) is 8.31. The molecule has 1 aliphatic rings. The van der Waals surface area contributed by atoms with E-state index in [0.29, 0.717) is 42.9 Å². The van der Waals surface area contributed by atoms with Crippen LogP contribution in [0.3, 0.4) is 0 Å². The zero-order valence-corrected chi connectivity index (χ0v) is 19.1. The summed E-state index contributed by atoms with van der Waals surface area (Å²) >= 11 is 1.48. The number of sulfonamides is 1. The average Bonchev–Trinajstić information content (AvgIpc) is 3.42. The highest BCUT2D eigenvalue weighted by Gasteiger charge is 2.27. The van der Waals surface area contributed by atoms with Crippen LogP contribution in [0.4, 0.5) is 10.8 Å². The minimum absolute atomic E-state index is 0.200. The number of benzene rings is 2. The molecule has 0 radical (unpaired) electrons. The number of hydrogen-bond donors (Lipinski definition) is 2. The van der Waals surface area contributed by atoms with E-state index >= 15 is 0 Å². The maximum atomic E-state index is 13.1. The number of H-pyrrole nitrogens is 1. The largest absolute Gasteiger partial charge is 0.495 e. The van der Waals surface area contributed by atoms with Gasteiger partial charge in [0.1, 0.15) is 11.3 Å². The number of ether oxygens (including phenoxy) is 2. The van der Waals surface area contributed by atoms with Crippen LogP contribution in [-0.2, 0) is 14.8 Å². The topological polar surface area (TPSA) is 96.6 Å². The first-order valence-corrected chi connectivity index (χ1v) is 12.3. The number of thiazole rings is 1. The molecule has 2 N–H and O–H groups in total. The van der Waals surface area contributed by atoms with Crippen molar-refractivity contribution in [3.63, 3.8) is 0 Å². The van der Waals surface area contributed by atoms with Crippen molar-refractivity contribution in [2.24, 2.45) is 0 Å². The monoisotopic (exact) mass is 470 g/mol. The van der Waals surface area contributed by atoms with Gasteiger partial charge in [-0.05, 0) is 29.8 Å². The maximum absolute atomic E-state index is 13.1. The SMILES string of the molecule is C=Cc1c[nH]c2c1ccc1sc(Nc3cc(S(=O)(=O)N4CCOCC4)ccc3OC)nc12. The molecule has 0 amide bonds. The van der Waals surface area contributed by atoms with E-state index in [0.717, 1.165) is 26.7 Å². The summed E-state index contributed by atoms with van der Waals surface area (Å²) in [5.41, 5.74) is 3.35. The molecule has 1 aliphatic heterocycles. The number of morpholine rings is 1. The second kappa shape index (κ2) is 8.21. The van der Waals surface area contributed by atoms with Crippen molar-refractivity contribution in [1.29, 1.82) is 0 Å². The number of hydrogen-bond acceptors (Lipinski definition) is 7. The average molecular weight is 471 g/mol. The highest BCUT2D eigenvalue weighted by molar-refractivity contribution is 7.89. The summed E-state index contributed by atoms with van der Waals surface area (Å²) in [4.78, 5) is 8.22. The number of aromatic nitrogens is 2. The minimum Gasteiger partial charge on any atom is -0.495 e. The van der Waals surface area contributed by atoms with Crippen LogP contribution in [0, 0.1) is 0 Å². The second-order valence-corrected chi connectivity index (χ2v) is 10.3. The molecule has 10 heteroatoms. The van der Waals surface area contributed by atoms with E-state index in [2.05, 4.69) is 16.9 Å². The number of nitrogens with zero attached hydrogens (tertiary/aromatic N) is 2. The Morgan fingerprint density at radius 1 is 1.28 bits per heavy atom. The highest BCUT2D eigenvalue weighted by atomic mass is 32.2. The lowest BCUT2D eigenvalue weighted by atomic mass is 10.1. The van der Waals surface area contributed by atoms with Crippen molar-refractivity contribution in [2.75, 3.05) is 38.7 Å². The molecule has 0 unspecified atom stereocenters. The summed E-state index contributed by atoms with van der Waals surface area (Å²) in [6, 6.07) is 8.88. The standard InChI is InChI=1S/C22H22N4O4S2/c1-3-14-13-23-20-16(14)5-7-19-21(20)25-22(31-19)24-17-12-15(4-6-18(17)29-2)32(27,28)26-8-10-30-11-9-26/h3-7,12-13,23H,1,8-11H2,2H3,(H,24,25). The molecule has 8 nitrogen and oxygen atoms in total. The first-order valence-electron chi connectivity index (χ1n) is 10.1. The van der Waals surface area contributed by atoms with Crippen LogP contribution in [0.5, 0.6) is 5.75 Å². The van der Waals surface area contributed by atoms with Crippen LogP contribution in [0.2, 0.25) is 0 Å². The van der Waals surface area contributed by atoms with Gasteiger partial charge in [0, 0.05) is 24.7 Å². The Kier molecular flexibility index (Phi) is 5.38. The third-order valence-electron chi connectivity index (χ3n) is 5.48. The Hall–Kier alpha value is -2.92. The Labute approximate surface area is 189 Å². The predicted molar refractivity (Wildman–Crippen MR) is 127 cm³/mol. The Balaban J connectivity index is 1.52. The Morgan fingerprint density at radius 2 is 2.09 bits per heavy atom. The van der Waals surface area contributed by atoms with Crippen LogP contribution < -0.4 is 10.1 Å². The Bertz CT molecular complexity index is 1420. The van der Waals surface area contributed by atoms with Crippen molar-refractivity contribution in [2.45, 2.75) is 4.90 Å². The fraction of sp³-hybridized carbons (Fsp3) is 0.227. The number of fused-ring (bicyclic) bond motifs is 3. The quantitative estimate of drug-likeness (QED) is 0.439. The molecular weight excluding hydrogens is 448 g/mol. The van der Waals surface area contributed by atoms with E-state index in [1.54, 1.807) is 25.3 Å². The van der Waals surface area contributed by atoms with Gasteiger partial charge >= 0.3 is 0 Å². The van der Waals surface area contributed by atoms with Gasteiger partial charge in [0.05, 0.1) is 41.1 Å². The van der Waals surface area contributed by atoms with E-state index in [4.69, 9.17) is 14.5 Å².